The Labute approximate surface area is 111 Å². The molecule has 0 aliphatic rings. The van der Waals surface area contributed by atoms with E-state index in [1.54, 1.807) is 42.5 Å². The highest BCUT2D eigenvalue weighted by Crippen LogP contribution is 2.26. The first-order valence-corrected chi connectivity index (χ1v) is 5.69. The van der Waals surface area contributed by atoms with Gasteiger partial charge in [0.1, 0.15) is 11.5 Å². The van der Waals surface area contributed by atoms with Gasteiger partial charge in [0.25, 0.3) is 5.91 Å². The molecule has 2 N–H and O–H groups in total. The first-order valence-electron chi connectivity index (χ1n) is 5.69. The fourth-order valence-electron chi connectivity index (χ4n) is 1.71. The van der Waals surface area contributed by atoms with Gasteiger partial charge in [-0.2, -0.15) is 5.26 Å². The number of para-hydroxylation sites is 1. The SMILES string of the molecule is Cc1cc(Oc2ccccc2C(N)=O)ccc1C#N. The fourth-order valence-corrected chi connectivity index (χ4v) is 1.71. The lowest BCUT2D eigenvalue weighted by Crippen LogP contribution is -2.11. The van der Waals surface area contributed by atoms with Crippen LogP contribution in [0.4, 0.5) is 0 Å². The standard InChI is InChI=1S/C15H12N2O2/c1-10-8-12(7-6-11(10)9-16)19-14-5-3-2-4-13(14)15(17)18/h2-8H,1H3,(H2,17,18). The van der Waals surface area contributed by atoms with Crippen molar-refractivity contribution in [3.8, 4) is 17.6 Å². The molecule has 4 nitrogen and oxygen atoms in total. The van der Waals surface area contributed by atoms with Gasteiger partial charge in [-0.15, -0.1) is 0 Å². The van der Waals surface area contributed by atoms with Crippen LogP contribution >= 0.6 is 0 Å². The maximum Gasteiger partial charge on any atom is 0.252 e. The van der Waals surface area contributed by atoms with Gasteiger partial charge in [0.15, 0.2) is 0 Å². The molecule has 0 saturated heterocycles. The molecule has 0 spiro atoms. The van der Waals surface area contributed by atoms with Crippen molar-refractivity contribution in [1.82, 2.24) is 0 Å². The van der Waals surface area contributed by atoms with Crippen LogP contribution in [0.25, 0.3) is 0 Å². The van der Waals surface area contributed by atoms with Gasteiger partial charge in [-0.1, -0.05) is 12.1 Å². The monoisotopic (exact) mass is 252 g/mol. The number of aryl methyl sites for hydroxylation is 1. The van der Waals surface area contributed by atoms with Crippen LogP contribution in [-0.4, -0.2) is 5.91 Å². The molecule has 4 heteroatoms. The molecule has 0 atom stereocenters. The van der Waals surface area contributed by atoms with Crippen molar-refractivity contribution < 1.29 is 9.53 Å². The van der Waals surface area contributed by atoms with E-state index >= 15 is 0 Å². The average molecular weight is 252 g/mol. The minimum Gasteiger partial charge on any atom is -0.457 e. The molecule has 2 aromatic carbocycles. The number of hydrogen-bond acceptors (Lipinski definition) is 3. The molecular weight excluding hydrogens is 240 g/mol. The van der Waals surface area contributed by atoms with Gasteiger partial charge in [-0.05, 0) is 42.8 Å². The van der Waals surface area contributed by atoms with E-state index in [1.807, 2.05) is 6.92 Å². The molecule has 0 heterocycles. The summed E-state index contributed by atoms with van der Waals surface area (Å²) in [5.41, 5.74) is 7.01. The zero-order chi connectivity index (χ0) is 13.8. The number of hydrogen-bond donors (Lipinski definition) is 1. The quantitative estimate of drug-likeness (QED) is 0.912. The van der Waals surface area contributed by atoms with Crippen molar-refractivity contribution in [3.63, 3.8) is 0 Å². The Kier molecular flexibility index (Phi) is 3.48. The Balaban J connectivity index is 2.34. The molecule has 94 valence electrons. The third-order valence-corrected chi connectivity index (χ3v) is 2.70. The van der Waals surface area contributed by atoms with Crippen molar-refractivity contribution in [2.24, 2.45) is 5.73 Å². The zero-order valence-electron chi connectivity index (χ0n) is 10.4. The molecule has 0 aliphatic heterocycles. The Morgan fingerprint density at radius 1 is 1.26 bits per heavy atom. The number of nitrogens with zero attached hydrogens (tertiary/aromatic N) is 1. The number of amides is 1. The minimum atomic E-state index is -0.541. The summed E-state index contributed by atoms with van der Waals surface area (Å²) in [4.78, 5) is 11.3. The number of rotatable bonds is 3. The second kappa shape index (κ2) is 5.23. The molecule has 2 aromatic rings. The van der Waals surface area contributed by atoms with Crippen LogP contribution in [0.1, 0.15) is 21.5 Å². The van der Waals surface area contributed by atoms with Crippen molar-refractivity contribution in [2.45, 2.75) is 6.92 Å². The van der Waals surface area contributed by atoms with Crippen molar-refractivity contribution in [3.05, 3.63) is 59.2 Å². The zero-order valence-corrected chi connectivity index (χ0v) is 10.4. The first kappa shape index (κ1) is 12.7. The molecule has 2 rings (SSSR count). The van der Waals surface area contributed by atoms with Crippen molar-refractivity contribution in [2.75, 3.05) is 0 Å². The molecule has 0 aromatic heterocycles. The van der Waals surface area contributed by atoms with E-state index in [0.717, 1.165) is 5.56 Å². The maximum absolute atomic E-state index is 11.3. The lowest BCUT2D eigenvalue weighted by atomic mass is 10.1. The van der Waals surface area contributed by atoms with Gasteiger partial charge in [0.05, 0.1) is 17.2 Å². The van der Waals surface area contributed by atoms with Gasteiger partial charge < -0.3 is 10.5 Å². The second-order valence-electron chi connectivity index (χ2n) is 4.05. The summed E-state index contributed by atoms with van der Waals surface area (Å²) in [6, 6.07) is 14.0. The number of ether oxygens (including phenoxy) is 1. The Morgan fingerprint density at radius 2 is 2.00 bits per heavy atom. The van der Waals surface area contributed by atoms with E-state index < -0.39 is 5.91 Å². The maximum atomic E-state index is 11.3. The van der Waals surface area contributed by atoms with E-state index in [0.29, 0.717) is 22.6 Å². The predicted octanol–water partition coefficient (Wildman–Crippen LogP) is 2.76. The summed E-state index contributed by atoms with van der Waals surface area (Å²) in [5.74, 6) is 0.422. The lowest BCUT2D eigenvalue weighted by Gasteiger charge is -2.09. The molecule has 0 saturated carbocycles. The molecule has 0 bridgehead atoms. The highest BCUT2D eigenvalue weighted by Gasteiger charge is 2.09. The van der Waals surface area contributed by atoms with Gasteiger partial charge >= 0.3 is 0 Å². The summed E-state index contributed by atoms with van der Waals surface area (Å²) in [6.45, 7) is 1.82. The number of benzene rings is 2. The topological polar surface area (TPSA) is 76.1 Å². The third-order valence-electron chi connectivity index (χ3n) is 2.70. The minimum absolute atomic E-state index is 0.324. The van der Waals surface area contributed by atoms with Gasteiger partial charge in [0, 0.05) is 0 Å². The Hall–Kier alpha value is -2.80. The first-order chi connectivity index (χ1) is 9.11. The lowest BCUT2D eigenvalue weighted by molar-refractivity contribution is 0.0998. The number of primary amides is 1. The van der Waals surface area contributed by atoms with Crippen LogP contribution in [0.2, 0.25) is 0 Å². The van der Waals surface area contributed by atoms with Crippen LogP contribution in [-0.2, 0) is 0 Å². The van der Waals surface area contributed by atoms with Gasteiger partial charge in [0.2, 0.25) is 0 Å². The highest BCUT2D eigenvalue weighted by molar-refractivity contribution is 5.95. The summed E-state index contributed by atoms with van der Waals surface area (Å²) < 4.78 is 5.64. The van der Waals surface area contributed by atoms with E-state index in [2.05, 4.69) is 6.07 Å². The molecule has 0 aliphatic carbocycles. The number of carbonyl (C=O) groups excluding carboxylic acids is 1. The number of nitriles is 1. The second-order valence-corrected chi connectivity index (χ2v) is 4.05. The van der Waals surface area contributed by atoms with Crippen LogP contribution in [0, 0.1) is 18.3 Å². The average Bonchev–Trinajstić information content (AvgIpc) is 2.39. The molecule has 1 amide bonds. The number of carbonyl (C=O) groups is 1. The summed E-state index contributed by atoms with van der Waals surface area (Å²) in [7, 11) is 0. The Morgan fingerprint density at radius 3 is 2.63 bits per heavy atom. The van der Waals surface area contributed by atoms with Crippen LogP contribution in [0.5, 0.6) is 11.5 Å². The van der Waals surface area contributed by atoms with E-state index in [4.69, 9.17) is 15.7 Å². The summed E-state index contributed by atoms with van der Waals surface area (Å²) in [6.07, 6.45) is 0. The Bertz CT molecular complexity index is 672. The predicted molar refractivity (Wildman–Crippen MR) is 70.9 cm³/mol. The third kappa shape index (κ3) is 2.72. The summed E-state index contributed by atoms with van der Waals surface area (Å²) >= 11 is 0. The van der Waals surface area contributed by atoms with E-state index in [9.17, 15) is 4.79 Å². The van der Waals surface area contributed by atoms with Crippen molar-refractivity contribution in [1.29, 1.82) is 5.26 Å². The van der Waals surface area contributed by atoms with Crippen LogP contribution in [0.3, 0.4) is 0 Å². The largest absolute Gasteiger partial charge is 0.457 e. The number of nitrogens with two attached hydrogens (primary N) is 1. The molecule has 0 unspecified atom stereocenters. The van der Waals surface area contributed by atoms with Gasteiger partial charge in [-0.3, -0.25) is 4.79 Å². The van der Waals surface area contributed by atoms with Crippen LogP contribution in [0.15, 0.2) is 42.5 Å². The molecule has 19 heavy (non-hydrogen) atoms. The smallest absolute Gasteiger partial charge is 0.252 e. The normalized spacial score (nSPS) is 9.68. The van der Waals surface area contributed by atoms with Crippen molar-refractivity contribution >= 4 is 5.91 Å². The summed E-state index contributed by atoms with van der Waals surface area (Å²) in [5, 5.41) is 8.86. The molecule has 0 radical (unpaired) electrons. The van der Waals surface area contributed by atoms with E-state index in [1.165, 1.54) is 0 Å². The van der Waals surface area contributed by atoms with E-state index in [-0.39, 0.29) is 0 Å². The van der Waals surface area contributed by atoms with Crippen LogP contribution < -0.4 is 10.5 Å². The highest BCUT2D eigenvalue weighted by atomic mass is 16.5. The molecular formula is C15H12N2O2. The fraction of sp³-hybridized carbons (Fsp3) is 0.0667. The molecule has 0 fully saturated rings. The van der Waals surface area contributed by atoms with Gasteiger partial charge in [-0.25, -0.2) is 0 Å².